The maximum absolute atomic E-state index is 12.1. The lowest BCUT2D eigenvalue weighted by Crippen LogP contribution is -2.40. The van der Waals surface area contributed by atoms with Crippen LogP contribution in [0.2, 0.25) is 0 Å². The van der Waals surface area contributed by atoms with E-state index in [2.05, 4.69) is 153 Å². The molecule has 2 unspecified atom stereocenters. The Morgan fingerprint density at radius 2 is 1.02 bits per heavy atom. The fourth-order valence-corrected chi connectivity index (χ4v) is 9.81. The highest BCUT2D eigenvalue weighted by Crippen LogP contribution is 2.47. The minimum atomic E-state index is -0.179. The number of hydrogen-bond donors (Lipinski definition) is 0. The molecule has 0 bridgehead atoms. The Morgan fingerprint density at radius 3 is 1.48 bits per heavy atom. The Kier molecular flexibility index (Phi) is 11.1. The first kappa shape index (κ1) is 35.0. The maximum Gasteiger partial charge on any atom is 0.409 e. The third kappa shape index (κ3) is 7.30. The Balaban J connectivity index is 0.000000159. The van der Waals surface area contributed by atoms with Gasteiger partial charge in [0.2, 0.25) is 0 Å². The van der Waals surface area contributed by atoms with Gasteiger partial charge in [0.1, 0.15) is 0 Å². The second kappa shape index (κ2) is 15.8. The molecule has 0 saturated carbocycles. The molecule has 4 aliphatic rings. The van der Waals surface area contributed by atoms with Crippen molar-refractivity contribution in [2.45, 2.75) is 44.4 Å². The summed E-state index contributed by atoms with van der Waals surface area (Å²) in [4.78, 5) is 16.4. The number of carbonyl (C=O) groups excluding carboxylic acids is 1. The summed E-state index contributed by atoms with van der Waals surface area (Å²) in [6, 6.07) is 35.2. The zero-order valence-electron chi connectivity index (χ0n) is 29.0. The number of benzene rings is 4. The average Bonchev–Trinajstić information content (AvgIpc) is 3.36. The topological polar surface area (TPSA) is 32.8 Å². The molecular weight excluding hydrogens is 748 g/mol. The normalized spacial score (nSPS) is 20.7. The first-order valence-corrected chi connectivity index (χ1v) is 19.7. The van der Waals surface area contributed by atoms with Crippen LogP contribution in [0.15, 0.2) is 97.1 Å². The summed E-state index contributed by atoms with van der Waals surface area (Å²) in [6.07, 6.45) is 8.89. The van der Waals surface area contributed by atoms with Crippen molar-refractivity contribution in [1.29, 1.82) is 0 Å². The van der Waals surface area contributed by atoms with Crippen LogP contribution in [0.1, 0.15) is 89.0 Å². The highest BCUT2D eigenvalue weighted by Gasteiger charge is 2.35. The van der Waals surface area contributed by atoms with E-state index < -0.39 is 0 Å². The van der Waals surface area contributed by atoms with Crippen molar-refractivity contribution in [2.24, 2.45) is 11.8 Å². The van der Waals surface area contributed by atoms with Crippen LogP contribution in [-0.4, -0.2) is 55.7 Å². The molecule has 0 radical (unpaired) electrons. The van der Waals surface area contributed by atoms with Crippen LogP contribution in [0.3, 0.4) is 0 Å². The van der Waals surface area contributed by atoms with Crippen LogP contribution in [-0.2, 0) is 4.74 Å². The molecule has 0 N–H and O–H groups in total. The van der Waals surface area contributed by atoms with Crippen molar-refractivity contribution < 1.29 is 9.53 Å². The van der Waals surface area contributed by atoms with Gasteiger partial charge in [-0.15, -0.1) is 0 Å². The van der Waals surface area contributed by atoms with E-state index in [0.717, 1.165) is 36.3 Å². The Hall–Kier alpha value is -3.45. The number of amides is 1. The van der Waals surface area contributed by atoms with Crippen LogP contribution < -0.4 is 0 Å². The standard InChI is InChI=1S/C23H24BrNO2.C21H22BrN/c1-2-27-23(26)25-13-11-16(12-14-25)22-18-8-4-3-7-17(18)15-21(24)19-9-5-6-10-20(19)22;1-23-12-10-15(11-13-23)21-17-7-3-2-6-16(17)14-20(22)18-8-4-5-9-19(18)21/h3-10,15-16,22H,2,11-14H2,1H3;2-9,14-15,21H,10-13H2,1H3. The first-order chi connectivity index (χ1) is 24.4. The lowest BCUT2D eigenvalue weighted by Gasteiger charge is -2.36. The zero-order chi connectivity index (χ0) is 34.6. The van der Waals surface area contributed by atoms with Crippen molar-refractivity contribution in [3.05, 3.63) is 142 Å². The van der Waals surface area contributed by atoms with Gasteiger partial charge in [0.25, 0.3) is 0 Å². The summed E-state index contributed by atoms with van der Waals surface area (Å²) in [5.74, 6) is 2.07. The summed E-state index contributed by atoms with van der Waals surface area (Å²) < 4.78 is 7.52. The molecule has 4 nitrogen and oxygen atoms in total. The van der Waals surface area contributed by atoms with Crippen LogP contribution in [0, 0.1) is 11.8 Å². The molecule has 6 heteroatoms. The van der Waals surface area contributed by atoms with Crippen LogP contribution in [0.5, 0.6) is 0 Å². The molecule has 4 aromatic rings. The summed E-state index contributed by atoms with van der Waals surface area (Å²) in [5, 5.41) is 0. The molecule has 0 spiro atoms. The number of halogens is 2. The molecule has 50 heavy (non-hydrogen) atoms. The van der Waals surface area contributed by atoms with Gasteiger partial charge in [-0.3, -0.25) is 0 Å². The smallest absolute Gasteiger partial charge is 0.409 e. The third-order valence-electron chi connectivity index (χ3n) is 11.1. The lowest BCUT2D eigenvalue weighted by atomic mass is 9.74. The van der Waals surface area contributed by atoms with Crippen molar-refractivity contribution in [3.63, 3.8) is 0 Å². The fraction of sp³-hybridized carbons (Fsp3) is 0.341. The number of nitrogens with zero attached hydrogens (tertiary/aromatic N) is 2. The van der Waals surface area contributed by atoms with E-state index in [-0.39, 0.29) is 6.09 Å². The monoisotopic (exact) mass is 792 g/mol. The predicted octanol–water partition coefficient (Wildman–Crippen LogP) is 11.3. The van der Waals surface area contributed by atoms with Gasteiger partial charge in [0.05, 0.1) is 6.61 Å². The van der Waals surface area contributed by atoms with E-state index in [1.165, 1.54) is 74.9 Å². The highest BCUT2D eigenvalue weighted by atomic mass is 79.9. The molecule has 2 aliphatic carbocycles. The third-order valence-corrected chi connectivity index (χ3v) is 12.4. The van der Waals surface area contributed by atoms with Crippen molar-refractivity contribution in [2.75, 3.05) is 39.8 Å². The van der Waals surface area contributed by atoms with Crippen molar-refractivity contribution in [3.8, 4) is 0 Å². The van der Waals surface area contributed by atoms with E-state index in [4.69, 9.17) is 4.74 Å². The minimum absolute atomic E-state index is 0.179. The number of fused-ring (bicyclic) bond motifs is 4. The minimum Gasteiger partial charge on any atom is -0.450 e. The molecule has 2 saturated heterocycles. The van der Waals surface area contributed by atoms with Crippen LogP contribution in [0.4, 0.5) is 4.79 Å². The van der Waals surface area contributed by atoms with Crippen LogP contribution in [0.25, 0.3) is 21.1 Å². The molecule has 258 valence electrons. The summed E-state index contributed by atoms with van der Waals surface area (Å²) in [5.41, 5.74) is 11.0. The average molecular weight is 795 g/mol. The van der Waals surface area contributed by atoms with Gasteiger partial charge >= 0.3 is 6.09 Å². The lowest BCUT2D eigenvalue weighted by molar-refractivity contribution is 0.0901. The van der Waals surface area contributed by atoms with Crippen LogP contribution >= 0.6 is 31.9 Å². The molecule has 4 aromatic carbocycles. The summed E-state index contributed by atoms with van der Waals surface area (Å²) in [6.45, 7) is 6.23. The molecule has 0 aromatic heterocycles. The van der Waals surface area contributed by atoms with E-state index in [0.29, 0.717) is 24.4 Å². The van der Waals surface area contributed by atoms with E-state index in [1.54, 1.807) is 0 Å². The largest absolute Gasteiger partial charge is 0.450 e. The second-order valence-corrected chi connectivity index (χ2v) is 15.7. The predicted molar refractivity (Wildman–Crippen MR) is 215 cm³/mol. The number of carbonyl (C=O) groups is 1. The van der Waals surface area contributed by atoms with Crippen molar-refractivity contribution in [1.82, 2.24) is 9.80 Å². The Morgan fingerprint density at radius 1 is 0.620 bits per heavy atom. The van der Waals surface area contributed by atoms with Gasteiger partial charge in [0.15, 0.2) is 0 Å². The number of ether oxygens (including phenoxy) is 1. The second-order valence-electron chi connectivity index (χ2n) is 14.0. The summed E-state index contributed by atoms with van der Waals surface area (Å²) >= 11 is 7.62. The molecule has 2 atom stereocenters. The van der Waals surface area contributed by atoms with Gasteiger partial charge in [-0.05, 0) is 121 Å². The Labute approximate surface area is 314 Å². The van der Waals surface area contributed by atoms with Gasteiger partial charge in [0, 0.05) is 33.9 Å². The first-order valence-electron chi connectivity index (χ1n) is 18.1. The highest BCUT2D eigenvalue weighted by molar-refractivity contribution is 9.15. The maximum atomic E-state index is 12.1. The molecular formula is C44H46Br2N2O2. The molecule has 2 aliphatic heterocycles. The zero-order valence-corrected chi connectivity index (χ0v) is 32.2. The Bertz CT molecular complexity index is 1880. The van der Waals surface area contributed by atoms with Crippen molar-refractivity contribution >= 4 is 59.1 Å². The van der Waals surface area contributed by atoms with Gasteiger partial charge in [-0.25, -0.2) is 4.79 Å². The number of hydrogen-bond acceptors (Lipinski definition) is 3. The van der Waals surface area contributed by atoms with E-state index >= 15 is 0 Å². The number of rotatable bonds is 3. The molecule has 2 fully saturated rings. The van der Waals surface area contributed by atoms with Gasteiger partial charge in [-0.2, -0.15) is 0 Å². The van der Waals surface area contributed by atoms with E-state index in [9.17, 15) is 4.79 Å². The molecule has 8 rings (SSSR count). The fourth-order valence-electron chi connectivity index (χ4n) is 8.59. The quantitative estimate of drug-likeness (QED) is 0.207. The SMILES string of the molecule is CCOC(=O)N1CCC(C2c3ccccc3C=C(Br)c3ccccc32)CC1.CN1CCC(C2c3ccccc3C=C(Br)c3ccccc32)CC1. The molecule has 1 amide bonds. The van der Waals surface area contributed by atoms with Gasteiger partial charge < -0.3 is 14.5 Å². The number of piperidine rings is 2. The molecule has 2 heterocycles. The van der Waals surface area contributed by atoms with E-state index in [1.807, 2.05) is 11.8 Å². The summed E-state index contributed by atoms with van der Waals surface area (Å²) in [7, 11) is 2.24. The van der Waals surface area contributed by atoms with Gasteiger partial charge in [-0.1, -0.05) is 129 Å². The number of likely N-dealkylation sites (tertiary alicyclic amines) is 2.